The van der Waals surface area contributed by atoms with Crippen molar-refractivity contribution in [2.24, 2.45) is 23.7 Å². The Morgan fingerprint density at radius 2 is 1.61 bits per heavy atom. The van der Waals surface area contributed by atoms with E-state index in [0.29, 0.717) is 55.9 Å². The third-order valence-corrected chi connectivity index (χ3v) is 14.9. The van der Waals surface area contributed by atoms with Crippen molar-refractivity contribution in [3.63, 3.8) is 0 Å². The van der Waals surface area contributed by atoms with Crippen LogP contribution < -0.4 is 0 Å². The van der Waals surface area contributed by atoms with Crippen molar-refractivity contribution in [3.05, 3.63) is 47.1 Å². The molecule has 7 aliphatic rings. The Hall–Kier alpha value is -2.05. The first-order chi connectivity index (χ1) is 29.5. The zero-order valence-electron chi connectivity index (χ0n) is 38.5. The average molecular weight is 875 g/mol. The maximum absolute atomic E-state index is 14.3. The quantitative estimate of drug-likeness (QED) is 0.204. The summed E-state index contributed by atoms with van der Waals surface area (Å²) in [5, 5.41) is 34.2. The second kappa shape index (κ2) is 19.8. The van der Waals surface area contributed by atoms with Gasteiger partial charge in [0.2, 0.25) is 0 Å². The molecule has 14 heteroatoms. The summed E-state index contributed by atoms with van der Waals surface area (Å²) in [6, 6.07) is 0. The van der Waals surface area contributed by atoms with Crippen molar-refractivity contribution in [1.82, 2.24) is 0 Å². The number of ether oxygens (including phenoxy) is 10. The molecule has 1 aliphatic carbocycles. The second-order valence-corrected chi connectivity index (χ2v) is 19.4. The lowest BCUT2D eigenvalue weighted by Gasteiger charge is -2.51. The van der Waals surface area contributed by atoms with Gasteiger partial charge in [0, 0.05) is 58.2 Å². The molecule has 3 N–H and O–H groups in total. The third kappa shape index (κ3) is 9.73. The lowest BCUT2D eigenvalue weighted by Crippen LogP contribution is -2.56. The van der Waals surface area contributed by atoms with E-state index in [1.165, 1.54) is 0 Å². The second-order valence-electron chi connectivity index (χ2n) is 19.4. The average Bonchev–Trinajstić information content (AvgIpc) is 3.58. The molecule has 5 saturated heterocycles. The molecule has 350 valence electrons. The number of aliphatic hydroxyl groups excluding tert-OH is 2. The van der Waals surface area contributed by atoms with Gasteiger partial charge in [-0.3, -0.25) is 0 Å². The largest absolute Gasteiger partial charge is 0.459 e. The van der Waals surface area contributed by atoms with Crippen LogP contribution in [0.4, 0.5) is 0 Å². The number of fused-ring (bicyclic) bond motifs is 2. The molecule has 1 spiro atoms. The van der Waals surface area contributed by atoms with Crippen LogP contribution in [0.3, 0.4) is 0 Å². The van der Waals surface area contributed by atoms with Crippen LogP contribution in [0.2, 0.25) is 0 Å². The maximum Gasteiger partial charge on any atom is 0.337 e. The van der Waals surface area contributed by atoms with Crippen LogP contribution >= 0.6 is 0 Å². The van der Waals surface area contributed by atoms with Gasteiger partial charge in [0.1, 0.15) is 30.0 Å². The fourth-order valence-electron chi connectivity index (χ4n) is 10.9. The number of hydrogen-bond donors (Lipinski definition) is 3. The first-order valence-electron chi connectivity index (χ1n) is 23.2. The van der Waals surface area contributed by atoms with Crippen LogP contribution in [0, 0.1) is 23.7 Å². The first-order valence-corrected chi connectivity index (χ1v) is 23.2. The smallest absolute Gasteiger partial charge is 0.337 e. The van der Waals surface area contributed by atoms with E-state index in [1.807, 2.05) is 26.0 Å². The normalized spacial score (nSPS) is 49.4. The molecule has 6 aliphatic heterocycles. The molecule has 0 aromatic carbocycles. The standard InChI is InChI=1S/C48H74O14/c1-11-25(2)43-28(5)17-18-47(62-43)23-34-20-33(61-47)16-15-27(4)42(26(3)13-12-14-32-24-55-45-40(49)29(6)19-35(46(51)58-34)48(32,45)52)59-39-22-37(54-10)44(31(8)57-39)60-38-21-36(53-9)41(50)30(7)56-38/h12-15,19,25-26,28-31,33-34,36-45,49-50,52H,11,16-18,20-24H2,1-10H3/b13-12+,27-15+,32-14+/t25-,26-,28-,29-,30-,31-,33+,34-,36-,37-,38-,39-,40+,41-,42-,43+,44-,45+,47+,48+/m0/s1. The summed E-state index contributed by atoms with van der Waals surface area (Å²) in [4.78, 5) is 14.3. The van der Waals surface area contributed by atoms with E-state index in [0.717, 1.165) is 18.4 Å². The number of hydrogen-bond acceptors (Lipinski definition) is 14. The molecule has 0 amide bonds. The zero-order chi connectivity index (χ0) is 44.7. The molecular weight excluding hydrogens is 801 g/mol. The van der Waals surface area contributed by atoms with Gasteiger partial charge >= 0.3 is 5.97 Å². The lowest BCUT2D eigenvalue weighted by molar-refractivity contribution is -0.340. The highest BCUT2D eigenvalue weighted by Crippen LogP contribution is 2.48. The molecular formula is C48H74O14. The summed E-state index contributed by atoms with van der Waals surface area (Å²) in [6.45, 7) is 16.3. The minimum atomic E-state index is -1.88. The van der Waals surface area contributed by atoms with Crippen molar-refractivity contribution >= 4 is 5.97 Å². The molecule has 0 unspecified atom stereocenters. The summed E-state index contributed by atoms with van der Waals surface area (Å²) in [5.41, 5.74) is -0.365. The van der Waals surface area contributed by atoms with Gasteiger partial charge in [-0.05, 0) is 56.6 Å². The minimum absolute atomic E-state index is 0.00895. The van der Waals surface area contributed by atoms with Gasteiger partial charge in [0.25, 0.3) is 0 Å². The van der Waals surface area contributed by atoms with E-state index in [1.54, 1.807) is 33.3 Å². The molecule has 5 fully saturated rings. The summed E-state index contributed by atoms with van der Waals surface area (Å²) in [7, 11) is 3.23. The molecule has 62 heavy (non-hydrogen) atoms. The van der Waals surface area contributed by atoms with Gasteiger partial charge in [-0.2, -0.15) is 0 Å². The summed E-state index contributed by atoms with van der Waals surface area (Å²) in [5.74, 6) is -1.53. The Morgan fingerprint density at radius 1 is 0.903 bits per heavy atom. The van der Waals surface area contributed by atoms with Gasteiger partial charge in [0.05, 0.1) is 61.0 Å². The number of rotatable bonds is 8. The number of allylic oxidation sites excluding steroid dienone is 2. The van der Waals surface area contributed by atoms with E-state index < -0.39 is 90.8 Å². The van der Waals surface area contributed by atoms with Crippen LogP contribution in [0.15, 0.2) is 47.1 Å². The molecule has 14 nitrogen and oxygen atoms in total. The molecule has 2 bridgehead atoms. The number of esters is 1. The predicted molar refractivity (Wildman–Crippen MR) is 227 cm³/mol. The van der Waals surface area contributed by atoms with E-state index in [4.69, 9.17) is 47.4 Å². The number of methoxy groups -OCH3 is 2. The van der Waals surface area contributed by atoms with Crippen LogP contribution in [0.25, 0.3) is 0 Å². The zero-order valence-corrected chi connectivity index (χ0v) is 38.5. The molecule has 20 atom stereocenters. The Morgan fingerprint density at radius 3 is 2.34 bits per heavy atom. The van der Waals surface area contributed by atoms with Crippen LogP contribution in [0.5, 0.6) is 0 Å². The van der Waals surface area contributed by atoms with Crippen molar-refractivity contribution in [2.45, 2.75) is 204 Å². The monoisotopic (exact) mass is 875 g/mol. The van der Waals surface area contributed by atoms with Crippen LogP contribution in [-0.4, -0.2) is 139 Å². The van der Waals surface area contributed by atoms with E-state index in [9.17, 15) is 20.1 Å². The van der Waals surface area contributed by atoms with Gasteiger partial charge in [-0.25, -0.2) is 4.79 Å². The maximum atomic E-state index is 14.3. The number of aliphatic hydroxyl groups is 3. The fraction of sp³-hybridized carbons (Fsp3) is 0.812. The number of carbonyl (C=O) groups is 1. The van der Waals surface area contributed by atoms with Crippen LogP contribution in [-0.2, 0) is 52.2 Å². The highest BCUT2D eigenvalue weighted by Gasteiger charge is 2.59. The van der Waals surface area contributed by atoms with Gasteiger partial charge in [0.15, 0.2) is 18.4 Å². The highest BCUT2D eigenvalue weighted by molar-refractivity contribution is 5.93. The Labute approximate surface area is 368 Å². The van der Waals surface area contributed by atoms with Crippen LogP contribution in [0.1, 0.15) is 107 Å². The Bertz CT molecular complexity index is 1680. The molecule has 0 aromatic heterocycles. The highest BCUT2D eigenvalue weighted by atomic mass is 16.7. The van der Waals surface area contributed by atoms with Crippen molar-refractivity contribution < 1.29 is 67.5 Å². The number of carbonyl (C=O) groups excluding carboxylic acids is 1. The molecule has 6 heterocycles. The summed E-state index contributed by atoms with van der Waals surface area (Å²) >= 11 is 0. The molecule has 0 saturated carbocycles. The molecule has 0 aromatic rings. The first kappa shape index (κ1) is 47.9. The van der Waals surface area contributed by atoms with Crippen molar-refractivity contribution in [3.8, 4) is 0 Å². The Kier molecular flexibility index (Phi) is 15.3. The Balaban J connectivity index is 1.18. The van der Waals surface area contributed by atoms with Crippen molar-refractivity contribution in [1.29, 1.82) is 0 Å². The van der Waals surface area contributed by atoms with E-state index >= 15 is 0 Å². The SMILES string of the molecule is CC[C@H](C)[C@H]1O[C@]2(CC[C@@H]1C)C[C@@H]1C[C@@H](C/C=C(\C)[C@@H](O[C@H]3C[C@H](OC)[C@@H](O[C@H]4C[C@H](OC)[C@@H](O)[C@H](C)O4)[C@H](C)O3)[C@@H](C)/C=C/C=C3\CO[C@@H]4[C@H](O)[C@@H](C)C=C(C(=O)O1)[C@]34O)O2. The molecule has 0 radical (unpaired) electrons. The summed E-state index contributed by atoms with van der Waals surface area (Å²) < 4.78 is 63.9. The lowest BCUT2D eigenvalue weighted by atomic mass is 9.72. The predicted octanol–water partition coefficient (Wildman–Crippen LogP) is 5.60. The van der Waals surface area contributed by atoms with E-state index in [-0.39, 0.29) is 36.4 Å². The van der Waals surface area contributed by atoms with Gasteiger partial charge < -0.3 is 62.7 Å². The van der Waals surface area contributed by atoms with Gasteiger partial charge in [-0.1, -0.05) is 71.4 Å². The van der Waals surface area contributed by atoms with Crippen molar-refractivity contribution in [2.75, 3.05) is 20.8 Å². The molecule has 7 rings (SSSR count). The fourth-order valence-corrected chi connectivity index (χ4v) is 10.9. The van der Waals surface area contributed by atoms with Gasteiger partial charge in [-0.15, -0.1) is 0 Å². The minimum Gasteiger partial charge on any atom is -0.459 e. The van der Waals surface area contributed by atoms with E-state index in [2.05, 4.69) is 40.7 Å². The topological polar surface area (TPSA) is 170 Å². The third-order valence-electron chi connectivity index (χ3n) is 14.9. The summed E-state index contributed by atoms with van der Waals surface area (Å²) in [6.07, 6.45) is 6.53.